The molecule has 0 aromatic heterocycles. The van der Waals surface area contributed by atoms with Crippen LogP contribution >= 0.6 is 0 Å². The Bertz CT molecular complexity index is 223. The van der Waals surface area contributed by atoms with Crippen LogP contribution in [0.4, 0.5) is 0 Å². The van der Waals surface area contributed by atoms with Crippen molar-refractivity contribution in [3.63, 3.8) is 0 Å². The number of likely N-dealkylation sites (tertiary alicyclic amines) is 1. The second-order valence-electron chi connectivity index (χ2n) is 4.30. The Hall–Kier alpha value is -0.610. The zero-order valence-electron chi connectivity index (χ0n) is 8.37. The molecular weight excluding hydrogens is 182 g/mol. The molecule has 2 fully saturated rings. The predicted molar refractivity (Wildman–Crippen MR) is 50.8 cm³/mol. The lowest BCUT2D eigenvalue weighted by atomic mass is 10.0. The van der Waals surface area contributed by atoms with Gasteiger partial charge in [-0.1, -0.05) is 0 Å². The van der Waals surface area contributed by atoms with E-state index in [4.69, 9.17) is 4.74 Å². The van der Waals surface area contributed by atoms with E-state index in [9.17, 15) is 9.90 Å². The summed E-state index contributed by atoms with van der Waals surface area (Å²) < 4.78 is 5.15. The summed E-state index contributed by atoms with van der Waals surface area (Å²) in [7, 11) is 0. The van der Waals surface area contributed by atoms with Gasteiger partial charge in [-0.15, -0.1) is 0 Å². The van der Waals surface area contributed by atoms with Gasteiger partial charge in [0, 0.05) is 26.0 Å². The molecule has 1 N–H and O–H groups in total. The molecule has 1 atom stereocenters. The summed E-state index contributed by atoms with van der Waals surface area (Å²) >= 11 is 0. The molecule has 2 saturated heterocycles. The van der Waals surface area contributed by atoms with Crippen molar-refractivity contribution in [2.45, 2.75) is 31.3 Å². The summed E-state index contributed by atoms with van der Waals surface area (Å²) in [5, 5.41) is 10.0. The molecule has 0 radical (unpaired) electrons. The minimum Gasteiger partial charge on any atom is -0.386 e. The second kappa shape index (κ2) is 3.87. The molecule has 4 nitrogen and oxygen atoms in total. The lowest BCUT2D eigenvalue weighted by Gasteiger charge is -2.32. The van der Waals surface area contributed by atoms with Gasteiger partial charge in [-0.25, -0.2) is 0 Å². The van der Waals surface area contributed by atoms with E-state index in [-0.39, 0.29) is 5.91 Å². The molecule has 0 aliphatic carbocycles. The summed E-state index contributed by atoms with van der Waals surface area (Å²) in [6, 6.07) is 0. The number of amides is 1. The summed E-state index contributed by atoms with van der Waals surface area (Å²) in [6.45, 7) is 2.22. The number of hydrogen-bond acceptors (Lipinski definition) is 3. The third kappa shape index (κ3) is 2.07. The van der Waals surface area contributed by atoms with E-state index in [0.717, 1.165) is 19.4 Å². The number of carbonyl (C=O) groups is 1. The van der Waals surface area contributed by atoms with Gasteiger partial charge in [-0.3, -0.25) is 4.79 Å². The highest BCUT2D eigenvalue weighted by molar-refractivity contribution is 5.76. The standard InChI is InChI=1S/C10H17NO3/c12-9-3-1-2-5-11(9)7-10(13)4-6-14-8-10/h13H,1-8H2. The summed E-state index contributed by atoms with van der Waals surface area (Å²) in [6.07, 6.45) is 3.33. The van der Waals surface area contributed by atoms with Gasteiger partial charge in [0.1, 0.15) is 5.60 Å². The molecule has 2 aliphatic heterocycles. The number of rotatable bonds is 2. The number of nitrogens with zero attached hydrogens (tertiary/aromatic N) is 1. The molecule has 80 valence electrons. The number of ether oxygens (including phenoxy) is 1. The van der Waals surface area contributed by atoms with Crippen LogP contribution in [-0.2, 0) is 9.53 Å². The molecule has 4 heteroatoms. The van der Waals surface area contributed by atoms with Crippen LogP contribution in [0.2, 0.25) is 0 Å². The largest absolute Gasteiger partial charge is 0.386 e. The van der Waals surface area contributed by atoms with Crippen molar-refractivity contribution in [2.75, 3.05) is 26.3 Å². The molecule has 0 bridgehead atoms. The third-order valence-corrected chi connectivity index (χ3v) is 2.99. The van der Waals surface area contributed by atoms with E-state index < -0.39 is 5.60 Å². The van der Waals surface area contributed by atoms with E-state index in [1.165, 1.54) is 0 Å². The molecule has 1 amide bonds. The number of carbonyl (C=O) groups excluding carboxylic acids is 1. The van der Waals surface area contributed by atoms with Crippen molar-refractivity contribution in [2.24, 2.45) is 0 Å². The first-order chi connectivity index (χ1) is 6.70. The molecule has 1 unspecified atom stereocenters. The van der Waals surface area contributed by atoms with Crippen LogP contribution < -0.4 is 0 Å². The van der Waals surface area contributed by atoms with Crippen molar-refractivity contribution < 1.29 is 14.6 Å². The minimum atomic E-state index is -0.785. The Balaban J connectivity index is 1.91. The van der Waals surface area contributed by atoms with Crippen LogP contribution in [-0.4, -0.2) is 47.8 Å². The molecule has 2 heterocycles. The highest BCUT2D eigenvalue weighted by Crippen LogP contribution is 2.22. The minimum absolute atomic E-state index is 0.177. The monoisotopic (exact) mass is 199 g/mol. The van der Waals surface area contributed by atoms with Gasteiger partial charge in [0.2, 0.25) is 5.91 Å². The fourth-order valence-electron chi connectivity index (χ4n) is 2.11. The molecule has 0 spiro atoms. The van der Waals surface area contributed by atoms with Crippen LogP contribution in [0.25, 0.3) is 0 Å². The maximum Gasteiger partial charge on any atom is 0.222 e. The Morgan fingerprint density at radius 2 is 2.36 bits per heavy atom. The van der Waals surface area contributed by atoms with Gasteiger partial charge in [0.05, 0.1) is 13.2 Å². The first-order valence-electron chi connectivity index (χ1n) is 5.28. The van der Waals surface area contributed by atoms with E-state index in [0.29, 0.717) is 32.6 Å². The highest BCUT2D eigenvalue weighted by Gasteiger charge is 2.36. The first kappa shape index (κ1) is 9.93. The molecule has 0 saturated carbocycles. The average molecular weight is 199 g/mol. The van der Waals surface area contributed by atoms with E-state index >= 15 is 0 Å². The Labute approximate surface area is 83.8 Å². The zero-order valence-corrected chi connectivity index (χ0v) is 8.37. The highest BCUT2D eigenvalue weighted by atomic mass is 16.5. The Kier molecular flexibility index (Phi) is 2.74. The van der Waals surface area contributed by atoms with E-state index in [2.05, 4.69) is 0 Å². The molecule has 0 aromatic rings. The summed E-state index contributed by atoms with van der Waals surface area (Å²) in [5.74, 6) is 0.177. The number of piperidine rings is 1. The molecular formula is C10H17NO3. The van der Waals surface area contributed by atoms with Gasteiger partial charge in [-0.2, -0.15) is 0 Å². The van der Waals surface area contributed by atoms with Crippen molar-refractivity contribution in [1.29, 1.82) is 0 Å². The number of hydrogen-bond donors (Lipinski definition) is 1. The van der Waals surface area contributed by atoms with Gasteiger partial charge < -0.3 is 14.7 Å². The van der Waals surface area contributed by atoms with Gasteiger partial charge in [-0.05, 0) is 12.8 Å². The van der Waals surface area contributed by atoms with Crippen molar-refractivity contribution in [3.05, 3.63) is 0 Å². The van der Waals surface area contributed by atoms with Gasteiger partial charge in [0.25, 0.3) is 0 Å². The van der Waals surface area contributed by atoms with Crippen LogP contribution in [0.5, 0.6) is 0 Å². The lowest BCUT2D eigenvalue weighted by Crippen LogP contribution is -2.47. The number of aliphatic hydroxyl groups is 1. The first-order valence-corrected chi connectivity index (χ1v) is 5.28. The molecule has 2 aliphatic rings. The zero-order chi connectivity index (χ0) is 10.0. The van der Waals surface area contributed by atoms with Crippen LogP contribution in [0, 0.1) is 0 Å². The van der Waals surface area contributed by atoms with Gasteiger partial charge >= 0.3 is 0 Å². The predicted octanol–water partition coefficient (Wildman–Crippen LogP) is 0.150. The summed E-state index contributed by atoms with van der Waals surface area (Å²) in [5.41, 5.74) is -0.785. The van der Waals surface area contributed by atoms with Crippen molar-refractivity contribution >= 4 is 5.91 Å². The average Bonchev–Trinajstić information content (AvgIpc) is 2.57. The lowest BCUT2D eigenvalue weighted by molar-refractivity contribution is -0.137. The summed E-state index contributed by atoms with van der Waals surface area (Å²) in [4.78, 5) is 13.3. The molecule has 14 heavy (non-hydrogen) atoms. The molecule has 0 aromatic carbocycles. The smallest absolute Gasteiger partial charge is 0.222 e. The quantitative estimate of drug-likeness (QED) is 0.688. The van der Waals surface area contributed by atoms with Crippen molar-refractivity contribution in [1.82, 2.24) is 4.90 Å². The van der Waals surface area contributed by atoms with Crippen LogP contribution in [0.3, 0.4) is 0 Å². The fraction of sp³-hybridized carbons (Fsp3) is 0.900. The van der Waals surface area contributed by atoms with E-state index in [1.54, 1.807) is 4.90 Å². The topological polar surface area (TPSA) is 49.8 Å². The van der Waals surface area contributed by atoms with Gasteiger partial charge in [0.15, 0.2) is 0 Å². The normalized spacial score (nSPS) is 33.8. The Morgan fingerprint density at radius 3 is 3.00 bits per heavy atom. The molecule has 2 rings (SSSR count). The van der Waals surface area contributed by atoms with Crippen LogP contribution in [0.15, 0.2) is 0 Å². The second-order valence-corrected chi connectivity index (χ2v) is 4.30. The van der Waals surface area contributed by atoms with Crippen molar-refractivity contribution in [3.8, 4) is 0 Å². The third-order valence-electron chi connectivity index (χ3n) is 2.99. The fourth-order valence-corrected chi connectivity index (χ4v) is 2.11. The van der Waals surface area contributed by atoms with E-state index in [1.807, 2.05) is 0 Å². The number of β-amino-alcohol motifs (C(OH)–C–C–N with tert-alkyl or cyclic N) is 1. The maximum absolute atomic E-state index is 11.5. The SMILES string of the molecule is O=C1CCCCN1CC1(O)CCOC1. The Morgan fingerprint density at radius 1 is 1.50 bits per heavy atom. The van der Waals surface area contributed by atoms with Crippen LogP contribution in [0.1, 0.15) is 25.7 Å². The maximum atomic E-state index is 11.5.